The summed E-state index contributed by atoms with van der Waals surface area (Å²) in [5, 5.41) is 0.834. The summed E-state index contributed by atoms with van der Waals surface area (Å²) in [7, 11) is 0. The Morgan fingerprint density at radius 1 is 1.22 bits per heavy atom. The van der Waals surface area contributed by atoms with Crippen LogP contribution in [0.1, 0.15) is 57.2 Å². The van der Waals surface area contributed by atoms with E-state index < -0.39 is 12.1 Å². The minimum Gasteiger partial charge on any atom is -0.479 e. The van der Waals surface area contributed by atoms with Gasteiger partial charge in [0.25, 0.3) is 5.91 Å². The molecule has 3 heterocycles. The van der Waals surface area contributed by atoms with Crippen LogP contribution >= 0.6 is 11.3 Å². The van der Waals surface area contributed by atoms with Crippen LogP contribution in [0.3, 0.4) is 0 Å². The molecule has 2 unspecified atom stereocenters. The minimum atomic E-state index is -0.708. The Labute approximate surface area is 215 Å². The number of carbonyl (C=O) groups excluding carboxylic acids is 2. The van der Waals surface area contributed by atoms with Crippen molar-refractivity contribution in [2.75, 3.05) is 4.90 Å². The Balaban J connectivity index is 1.49. The van der Waals surface area contributed by atoms with Gasteiger partial charge < -0.3 is 9.47 Å². The van der Waals surface area contributed by atoms with E-state index in [0.29, 0.717) is 17.9 Å². The fraction of sp³-hybridized carbons (Fsp3) is 0.429. The molecular formula is C28H31N3O4S. The van der Waals surface area contributed by atoms with Crippen LogP contribution in [-0.4, -0.2) is 40.1 Å². The van der Waals surface area contributed by atoms with Gasteiger partial charge in [0.05, 0.1) is 17.1 Å². The quantitative estimate of drug-likeness (QED) is 0.385. The molecule has 7 nitrogen and oxygen atoms in total. The molecule has 1 saturated carbocycles. The number of benzene rings is 1. The van der Waals surface area contributed by atoms with E-state index in [9.17, 15) is 9.59 Å². The first kappa shape index (κ1) is 24.4. The number of esters is 1. The topological polar surface area (TPSA) is 81.6 Å². The van der Waals surface area contributed by atoms with Crippen molar-refractivity contribution >= 4 is 28.9 Å². The largest absolute Gasteiger partial charge is 0.479 e. The van der Waals surface area contributed by atoms with E-state index in [1.54, 1.807) is 29.4 Å². The van der Waals surface area contributed by atoms with Gasteiger partial charge in [0.1, 0.15) is 22.9 Å². The van der Waals surface area contributed by atoms with Gasteiger partial charge in [0.15, 0.2) is 6.10 Å². The second-order valence-corrected chi connectivity index (χ2v) is 10.6. The lowest BCUT2D eigenvalue weighted by Crippen LogP contribution is -2.53. The molecule has 0 radical (unpaired) electrons. The number of aromatic nitrogens is 2. The van der Waals surface area contributed by atoms with Crippen molar-refractivity contribution < 1.29 is 19.1 Å². The highest BCUT2D eigenvalue weighted by atomic mass is 32.1. The Hall–Kier alpha value is -3.26. The second kappa shape index (κ2) is 10.4. The normalized spacial score (nSPS) is 18.9. The van der Waals surface area contributed by atoms with Crippen LogP contribution < -0.4 is 9.64 Å². The van der Waals surface area contributed by atoms with Crippen molar-refractivity contribution in [1.29, 1.82) is 0 Å². The van der Waals surface area contributed by atoms with Crippen molar-refractivity contribution in [3.63, 3.8) is 0 Å². The first-order valence-electron chi connectivity index (χ1n) is 12.7. The van der Waals surface area contributed by atoms with Gasteiger partial charge in [-0.25, -0.2) is 9.78 Å². The first-order chi connectivity index (χ1) is 17.5. The highest BCUT2D eigenvalue weighted by Gasteiger charge is 2.40. The fourth-order valence-corrected chi connectivity index (χ4v) is 5.89. The van der Waals surface area contributed by atoms with E-state index in [2.05, 4.69) is 4.98 Å². The minimum absolute atomic E-state index is 0.0673. The number of thiazole rings is 1. The number of ether oxygens (including phenoxy) is 2. The number of fused-ring (bicyclic) bond motifs is 1. The monoisotopic (exact) mass is 505 g/mol. The number of amides is 1. The highest BCUT2D eigenvalue weighted by molar-refractivity contribution is 7.15. The molecule has 2 atom stereocenters. The third-order valence-corrected chi connectivity index (χ3v) is 7.86. The number of pyridine rings is 1. The number of hydrogen-bond acceptors (Lipinski definition) is 7. The Morgan fingerprint density at radius 3 is 2.75 bits per heavy atom. The van der Waals surface area contributed by atoms with Gasteiger partial charge in [-0.05, 0) is 76.3 Å². The van der Waals surface area contributed by atoms with Gasteiger partial charge in [0.2, 0.25) is 0 Å². The predicted octanol–water partition coefficient (Wildman–Crippen LogP) is 5.95. The van der Waals surface area contributed by atoms with Crippen LogP contribution in [0.15, 0.2) is 42.6 Å². The summed E-state index contributed by atoms with van der Waals surface area (Å²) in [6.07, 6.45) is 6.55. The van der Waals surface area contributed by atoms with E-state index in [4.69, 9.17) is 14.5 Å². The van der Waals surface area contributed by atoms with Crippen molar-refractivity contribution in [2.24, 2.45) is 0 Å². The predicted molar refractivity (Wildman–Crippen MR) is 140 cm³/mol. The van der Waals surface area contributed by atoms with E-state index in [0.717, 1.165) is 52.5 Å². The molecule has 0 N–H and O–H groups in total. The number of nitrogens with zero attached hydrogens (tertiary/aromatic N) is 3. The molecule has 1 aliphatic heterocycles. The molecule has 8 heteroatoms. The van der Waals surface area contributed by atoms with Crippen molar-refractivity contribution in [2.45, 2.75) is 77.5 Å². The smallest absolute Gasteiger partial charge is 0.329 e. The summed E-state index contributed by atoms with van der Waals surface area (Å²) in [5.41, 5.74) is 3.08. The number of carbonyl (C=O) groups is 2. The lowest BCUT2D eigenvalue weighted by Gasteiger charge is -2.37. The maximum absolute atomic E-state index is 13.4. The molecule has 0 spiro atoms. The molecule has 3 aromatic rings. The van der Waals surface area contributed by atoms with Gasteiger partial charge in [-0.2, -0.15) is 0 Å². The maximum Gasteiger partial charge on any atom is 0.329 e. The highest BCUT2D eigenvalue weighted by Crippen LogP contribution is 2.41. The molecule has 0 bridgehead atoms. The van der Waals surface area contributed by atoms with Gasteiger partial charge in [0, 0.05) is 16.6 Å². The molecule has 0 saturated heterocycles. The lowest BCUT2D eigenvalue weighted by atomic mass is 9.97. The first-order valence-corrected chi connectivity index (χ1v) is 13.5. The SMILES string of the molecule is CCC(C(=O)OC1CCCCC1)N1C(=O)C(C)Oc2ccc(-c3nc(-c4ccccn4)sc3C)cc21. The second-order valence-electron chi connectivity index (χ2n) is 9.41. The van der Waals surface area contributed by atoms with Gasteiger partial charge in [-0.1, -0.05) is 19.4 Å². The van der Waals surface area contributed by atoms with Crippen LogP contribution in [0.4, 0.5) is 5.69 Å². The van der Waals surface area contributed by atoms with E-state index >= 15 is 0 Å². The van der Waals surface area contributed by atoms with Crippen molar-refractivity contribution in [1.82, 2.24) is 9.97 Å². The molecule has 188 valence electrons. The third-order valence-electron chi connectivity index (χ3n) is 6.87. The Kier molecular flexibility index (Phi) is 7.05. The molecule has 2 aromatic heterocycles. The average Bonchev–Trinajstić information content (AvgIpc) is 3.29. The summed E-state index contributed by atoms with van der Waals surface area (Å²) in [6, 6.07) is 10.8. The summed E-state index contributed by atoms with van der Waals surface area (Å²) in [4.78, 5) is 38.6. The fourth-order valence-electron chi connectivity index (χ4n) is 4.97. The third kappa shape index (κ3) is 4.74. The van der Waals surface area contributed by atoms with Crippen LogP contribution in [0.5, 0.6) is 5.75 Å². The summed E-state index contributed by atoms with van der Waals surface area (Å²) < 4.78 is 11.8. The van der Waals surface area contributed by atoms with E-state index in [1.807, 2.05) is 50.2 Å². The Morgan fingerprint density at radius 2 is 2.03 bits per heavy atom. The van der Waals surface area contributed by atoms with Crippen LogP contribution in [-0.2, 0) is 14.3 Å². The summed E-state index contributed by atoms with van der Waals surface area (Å²) in [5.74, 6) is -0.00523. The lowest BCUT2D eigenvalue weighted by molar-refractivity contribution is -0.153. The zero-order valence-corrected chi connectivity index (χ0v) is 21.7. The number of rotatable bonds is 6. The van der Waals surface area contributed by atoms with E-state index in [1.165, 1.54) is 6.42 Å². The Bertz CT molecular complexity index is 1250. The molecule has 5 rings (SSSR count). The van der Waals surface area contributed by atoms with Crippen molar-refractivity contribution in [3.05, 3.63) is 47.5 Å². The summed E-state index contributed by atoms with van der Waals surface area (Å²) >= 11 is 1.58. The average molecular weight is 506 g/mol. The van der Waals surface area contributed by atoms with Crippen LogP contribution in [0, 0.1) is 6.92 Å². The number of anilines is 1. The number of hydrogen-bond donors (Lipinski definition) is 0. The van der Waals surface area contributed by atoms with Gasteiger partial charge in [-0.3, -0.25) is 14.7 Å². The maximum atomic E-state index is 13.4. The van der Waals surface area contributed by atoms with Crippen LogP contribution in [0.25, 0.3) is 22.0 Å². The molecule has 2 aliphatic rings. The molecule has 1 amide bonds. The molecule has 1 aliphatic carbocycles. The van der Waals surface area contributed by atoms with Gasteiger partial charge >= 0.3 is 5.97 Å². The van der Waals surface area contributed by atoms with Crippen LogP contribution in [0.2, 0.25) is 0 Å². The number of aryl methyl sites for hydroxylation is 1. The molecular weight excluding hydrogens is 474 g/mol. The molecule has 1 fully saturated rings. The standard InChI is InChI=1S/C28H31N3O4S/c1-4-22(28(33)35-20-10-6-5-7-11-20)31-23-16-19(13-14-24(23)34-17(2)27(31)32)25-18(3)36-26(30-25)21-12-8-9-15-29-21/h8-9,12-17,20,22H,4-7,10-11H2,1-3H3. The van der Waals surface area contributed by atoms with Gasteiger partial charge in [-0.15, -0.1) is 11.3 Å². The van der Waals surface area contributed by atoms with E-state index in [-0.39, 0.29) is 18.0 Å². The zero-order chi connectivity index (χ0) is 25.2. The zero-order valence-electron chi connectivity index (χ0n) is 20.9. The molecule has 1 aromatic carbocycles. The molecule has 36 heavy (non-hydrogen) atoms. The van der Waals surface area contributed by atoms with Crippen molar-refractivity contribution in [3.8, 4) is 27.7 Å². The summed E-state index contributed by atoms with van der Waals surface area (Å²) in [6.45, 7) is 5.65.